The Balaban J connectivity index is 1.77. The summed E-state index contributed by atoms with van der Waals surface area (Å²) in [6.07, 6.45) is 3.67. The second-order valence-electron chi connectivity index (χ2n) is 4.72. The monoisotopic (exact) mass is 228 g/mol. The van der Waals surface area contributed by atoms with Gasteiger partial charge in [0.15, 0.2) is 0 Å². The van der Waals surface area contributed by atoms with Gasteiger partial charge in [-0.15, -0.1) is 0 Å². The Morgan fingerprint density at radius 2 is 2.31 bits per heavy atom. The van der Waals surface area contributed by atoms with Gasteiger partial charge < -0.3 is 9.84 Å². The van der Waals surface area contributed by atoms with E-state index in [1.807, 2.05) is 0 Å². The van der Waals surface area contributed by atoms with Gasteiger partial charge in [-0.25, -0.2) is 0 Å². The van der Waals surface area contributed by atoms with Crippen molar-refractivity contribution in [1.82, 2.24) is 10.2 Å². The highest BCUT2D eigenvalue weighted by molar-refractivity contribution is 5.73. The minimum atomic E-state index is -0.827. The first-order chi connectivity index (χ1) is 7.70. The zero-order valence-corrected chi connectivity index (χ0v) is 9.69. The zero-order valence-electron chi connectivity index (χ0n) is 9.69. The molecule has 2 rings (SSSR count). The van der Waals surface area contributed by atoms with Crippen molar-refractivity contribution < 1.29 is 14.6 Å². The molecule has 0 aromatic rings. The number of carboxylic acid groups (broad SMARTS) is 1. The Bertz CT molecular complexity index is 256. The number of rotatable bonds is 6. The molecule has 0 spiro atoms. The predicted octanol–water partition coefficient (Wildman–Crippen LogP) is -0.0877. The van der Waals surface area contributed by atoms with Gasteiger partial charge in [-0.3, -0.25) is 15.0 Å². The van der Waals surface area contributed by atoms with Crippen LogP contribution in [0.15, 0.2) is 0 Å². The van der Waals surface area contributed by atoms with Gasteiger partial charge in [0.25, 0.3) is 0 Å². The van der Waals surface area contributed by atoms with Crippen LogP contribution in [0, 0.1) is 0 Å². The Kier molecular flexibility index (Phi) is 3.78. The summed E-state index contributed by atoms with van der Waals surface area (Å²) in [5, 5.41) is 12.2. The molecule has 0 amide bonds. The quantitative estimate of drug-likeness (QED) is 0.665. The van der Waals surface area contributed by atoms with E-state index in [1.165, 1.54) is 20.0 Å². The molecule has 0 radical (unpaired) electrons. The van der Waals surface area contributed by atoms with E-state index in [0.29, 0.717) is 6.04 Å². The number of carbonyl (C=O) groups is 1. The first kappa shape index (κ1) is 11.8. The van der Waals surface area contributed by atoms with Crippen molar-refractivity contribution in [2.45, 2.75) is 37.4 Å². The fourth-order valence-electron chi connectivity index (χ4n) is 2.34. The van der Waals surface area contributed by atoms with Gasteiger partial charge >= 0.3 is 5.97 Å². The van der Waals surface area contributed by atoms with Gasteiger partial charge in [-0.2, -0.15) is 0 Å². The molecular weight excluding hydrogens is 208 g/mol. The Labute approximate surface area is 95.8 Å². The normalized spacial score (nSPS) is 28.2. The smallest absolute Gasteiger partial charge is 0.323 e. The molecule has 2 N–H and O–H groups in total. The van der Waals surface area contributed by atoms with E-state index in [0.717, 1.165) is 25.6 Å². The van der Waals surface area contributed by atoms with Crippen LogP contribution in [-0.2, 0) is 9.53 Å². The molecule has 5 nitrogen and oxygen atoms in total. The number of methoxy groups -OCH3 is 1. The van der Waals surface area contributed by atoms with Crippen LogP contribution < -0.4 is 5.32 Å². The highest BCUT2D eigenvalue weighted by Gasteiger charge is 2.35. The van der Waals surface area contributed by atoms with E-state index in [9.17, 15) is 4.79 Å². The largest absolute Gasteiger partial charge is 0.480 e. The van der Waals surface area contributed by atoms with Crippen molar-refractivity contribution in [3.05, 3.63) is 0 Å². The topological polar surface area (TPSA) is 61.8 Å². The fraction of sp³-hybridized carbons (Fsp3) is 0.909. The number of aliphatic carboxylic acids is 1. The third-order valence-corrected chi connectivity index (χ3v) is 3.35. The first-order valence-corrected chi connectivity index (χ1v) is 5.92. The minimum Gasteiger partial charge on any atom is -0.480 e. The number of hydrogen-bond donors (Lipinski definition) is 2. The van der Waals surface area contributed by atoms with Crippen LogP contribution >= 0.6 is 0 Å². The molecule has 1 saturated carbocycles. The lowest BCUT2D eigenvalue weighted by Crippen LogP contribution is -2.47. The fourth-order valence-corrected chi connectivity index (χ4v) is 2.34. The molecule has 2 fully saturated rings. The summed E-state index contributed by atoms with van der Waals surface area (Å²) < 4.78 is 4.91. The summed E-state index contributed by atoms with van der Waals surface area (Å²) in [7, 11) is 1.53. The summed E-state index contributed by atoms with van der Waals surface area (Å²) >= 11 is 0. The molecule has 2 aliphatic rings. The zero-order chi connectivity index (χ0) is 11.5. The summed E-state index contributed by atoms with van der Waals surface area (Å²) in [5.74, 6) is -0.827. The lowest BCUT2D eigenvalue weighted by atomic mass is 10.2. The second-order valence-corrected chi connectivity index (χ2v) is 4.72. The van der Waals surface area contributed by atoms with Gasteiger partial charge in [-0.1, -0.05) is 0 Å². The van der Waals surface area contributed by atoms with Crippen molar-refractivity contribution in [1.29, 1.82) is 0 Å². The Morgan fingerprint density at radius 1 is 1.56 bits per heavy atom. The number of hydrogen-bond acceptors (Lipinski definition) is 4. The number of carboxylic acids is 1. The summed E-state index contributed by atoms with van der Waals surface area (Å²) in [6.45, 7) is 2.31. The molecular formula is C11H20N2O3. The van der Waals surface area contributed by atoms with E-state index in [4.69, 9.17) is 9.84 Å². The number of nitrogens with one attached hydrogen (secondary N) is 1. The average Bonchev–Trinajstić information content (AvgIpc) is 2.99. The number of nitrogens with zero attached hydrogens (tertiary/aromatic N) is 1. The van der Waals surface area contributed by atoms with Crippen LogP contribution in [-0.4, -0.2) is 60.9 Å². The van der Waals surface area contributed by atoms with E-state index in [1.54, 1.807) is 0 Å². The van der Waals surface area contributed by atoms with Crippen LogP contribution in [0.4, 0.5) is 0 Å². The van der Waals surface area contributed by atoms with Crippen LogP contribution in [0.5, 0.6) is 0 Å². The van der Waals surface area contributed by atoms with Gasteiger partial charge in [0.1, 0.15) is 6.04 Å². The maximum Gasteiger partial charge on any atom is 0.323 e. The maximum absolute atomic E-state index is 10.9. The van der Waals surface area contributed by atoms with Crippen molar-refractivity contribution in [3.8, 4) is 0 Å². The molecule has 1 saturated heterocycles. The third kappa shape index (κ3) is 2.93. The maximum atomic E-state index is 10.9. The number of likely N-dealkylation sites (tertiary alicyclic amines) is 1. The average molecular weight is 228 g/mol. The lowest BCUT2D eigenvalue weighted by Gasteiger charge is -2.19. The molecule has 92 valence electrons. The molecule has 16 heavy (non-hydrogen) atoms. The van der Waals surface area contributed by atoms with Crippen LogP contribution in [0.2, 0.25) is 0 Å². The molecule has 5 heteroatoms. The SMILES string of the molecule is COCC(NC1CCN(C2CC2)C1)C(=O)O. The van der Waals surface area contributed by atoms with E-state index >= 15 is 0 Å². The van der Waals surface area contributed by atoms with Crippen molar-refractivity contribution in [2.75, 3.05) is 26.8 Å². The van der Waals surface area contributed by atoms with Gasteiger partial charge in [0, 0.05) is 32.3 Å². The van der Waals surface area contributed by atoms with Gasteiger partial charge in [0.05, 0.1) is 6.61 Å². The Morgan fingerprint density at radius 3 is 2.88 bits per heavy atom. The summed E-state index contributed by atoms with van der Waals surface area (Å²) in [4.78, 5) is 13.4. The molecule has 2 atom stereocenters. The lowest BCUT2D eigenvalue weighted by molar-refractivity contribution is -0.141. The Hall–Kier alpha value is -0.650. The molecule has 1 aliphatic carbocycles. The van der Waals surface area contributed by atoms with E-state index < -0.39 is 12.0 Å². The standard InChI is InChI=1S/C11H20N2O3/c1-16-7-10(11(14)15)12-8-4-5-13(6-8)9-2-3-9/h8-10,12H,2-7H2,1H3,(H,14,15). The first-order valence-electron chi connectivity index (χ1n) is 5.92. The van der Waals surface area contributed by atoms with Crippen molar-refractivity contribution >= 4 is 5.97 Å². The minimum absolute atomic E-state index is 0.231. The highest BCUT2D eigenvalue weighted by Crippen LogP contribution is 2.29. The van der Waals surface area contributed by atoms with E-state index in [2.05, 4.69) is 10.2 Å². The van der Waals surface area contributed by atoms with Gasteiger partial charge in [-0.05, 0) is 19.3 Å². The molecule has 0 aromatic carbocycles. The molecule has 0 bridgehead atoms. The highest BCUT2D eigenvalue weighted by atomic mass is 16.5. The predicted molar refractivity (Wildman–Crippen MR) is 59.4 cm³/mol. The van der Waals surface area contributed by atoms with Crippen LogP contribution in [0.1, 0.15) is 19.3 Å². The summed E-state index contributed by atoms with van der Waals surface area (Å²) in [6, 6.07) is 0.503. The molecule has 2 unspecified atom stereocenters. The van der Waals surface area contributed by atoms with Gasteiger partial charge in [0.2, 0.25) is 0 Å². The summed E-state index contributed by atoms with van der Waals surface area (Å²) in [5.41, 5.74) is 0. The number of ether oxygens (including phenoxy) is 1. The van der Waals surface area contributed by atoms with E-state index in [-0.39, 0.29) is 6.61 Å². The van der Waals surface area contributed by atoms with Crippen molar-refractivity contribution in [2.24, 2.45) is 0 Å². The molecule has 0 aromatic heterocycles. The molecule has 1 aliphatic heterocycles. The molecule has 1 heterocycles. The third-order valence-electron chi connectivity index (χ3n) is 3.35. The van der Waals surface area contributed by atoms with Crippen molar-refractivity contribution in [3.63, 3.8) is 0 Å². The van der Waals surface area contributed by atoms with Crippen LogP contribution in [0.3, 0.4) is 0 Å². The van der Waals surface area contributed by atoms with Crippen LogP contribution in [0.25, 0.3) is 0 Å². The second kappa shape index (κ2) is 5.12.